The molecule has 0 unspecified atom stereocenters. The largest absolute Gasteiger partial charge is 0.481 e. The number of carboxylic acid groups (broad SMARTS) is 1. The van der Waals surface area contributed by atoms with E-state index in [0.29, 0.717) is 0 Å². The second-order valence-electron chi connectivity index (χ2n) is 3.64. The molecular formula is C10H4F5N3O2. The van der Waals surface area contributed by atoms with E-state index in [0.717, 1.165) is 6.20 Å². The molecule has 0 aliphatic rings. The first-order valence-corrected chi connectivity index (χ1v) is 4.97. The van der Waals surface area contributed by atoms with Gasteiger partial charge in [0.2, 0.25) is 5.82 Å². The van der Waals surface area contributed by atoms with Gasteiger partial charge in [-0.2, -0.15) is 0 Å². The highest BCUT2D eigenvalue weighted by Crippen LogP contribution is 2.25. The highest BCUT2D eigenvalue weighted by molar-refractivity contribution is 5.69. The second-order valence-corrected chi connectivity index (χ2v) is 3.64. The van der Waals surface area contributed by atoms with Crippen LogP contribution in [0.2, 0.25) is 0 Å². The van der Waals surface area contributed by atoms with Crippen molar-refractivity contribution < 1.29 is 31.9 Å². The lowest BCUT2D eigenvalue weighted by molar-refractivity contribution is -0.136. The number of aromatic nitrogens is 3. The zero-order chi connectivity index (χ0) is 15.0. The Balaban J connectivity index is 2.58. The maximum Gasteiger partial charge on any atom is 0.309 e. The summed E-state index contributed by atoms with van der Waals surface area (Å²) in [4.78, 5) is 10.4. The average molecular weight is 293 g/mol. The first-order valence-electron chi connectivity index (χ1n) is 4.97. The van der Waals surface area contributed by atoms with E-state index in [1.54, 1.807) is 0 Å². The lowest BCUT2D eigenvalue weighted by Gasteiger charge is -2.06. The summed E-state index contributed by atoms with van der Waals surface area (Å²) >= 11 is 0. The average Bonchev–Trinajstić information content (AvgIpc) is 2.81. The van der Waals surface area contributed by atoms with Gasteiger partial charge in [-0.1, -0.05) is 5.21 Å². The minimum absolute atomic E-state index is 0.207. The summed E-state index contributed by atoms with van der Waals surface area (Å²) in [5.41, 5.74) is -1.54. The highest BCUT2D eigenvalue weighted by Gasteiger charge is 2.27. The molecule has 0 atom stereocenters. The van der Waals surface area contributed by atoms with Gasteiger partial charge in [0.1, 0.15) is 5.69 Å². The number of rotatable bonds is 3. The molecular weight excluding hydrogens is 289 g/mol. The minimum Gasteiger partial charge on any atom is -0.481 e. The van der Waals surface area contributed by atoms with Gasteiger partial charge in [0, 0.05) is 0 Å². The fraction of sp³-hybridized carbons (Fsp3) is 0.100. The van der Waals surface area contributed by atoms with Crippen LogP contribution in [0.5, 0.6) is 0 Å². The van der Waals surface area contributed by atoms with E-state index in [1.807, 2.05) is 0 Å². The van der Waals surface area contributed by atoms with Gasteiger partial charge in [0.15, 0.2) is 23.3 Å². The predicted octanol–water partition coefficient (Wildman–Crippen LogP) is 1.59. The topological polar surface area (TPSA) is 68.0 Å². The molecule has 0 aliphatic heterocycles. The van der Waals surface area contributed by atoms with Gasteiger partial charge < -0.3 is 5.11 Å². The van der Waals surface area contributed by atoms with Crippen LogP contribution < -0.4 is 0 Å². The van der Waals surface area contributed by atoms with E-state index >= 15 is 0 Å². The quantitative estimate of drug-likeness (QED) is 0.530. The van der Waals surface area contributed by atoms with Crippen molar-refractivity contribution in [3.63, 3.8) is 0 Å². The molecule has 0 aliphatic carbocycles. The van der Waals surface area contributed by atoms with Crippen LogP contribution in [0.25, 0.3) is 5.69 Å². The zero-order valence-corrected chi connectivity index (χ0v) is 9.37. The summed E-state index contributed by atoms with van der Waals surface area (Å²) in [7, 11) is 0. The van der Waals surface area contributed by atoms with E-state index in [2.05, 4.69) is 10.3 Å². The zero-order valence-electron chi connectivity index (χ0n) is 9.37. The van der Waals surface area contributed by atoms with E-state index in [9.17, 15) is 26.7 Å². The summed E-state index contributed by atoms with van der Waals surface area (Å²) in [6.45, 7) is 0. The standard InChI is InChI=1S/C10H4F5N3O2/c11-5-6(12)8(14)10(9(15)7(5)13)18-2-3(16-17-18)1-4(19)20/h2H,1H2,(H,19,20). The van der Waals surface area contributed by atoms with Crippen molar-refractivity contribution in [2.45, 2.75) is 6.42 Å². The van der Waals surface area contributed by atoms with Crippen LogP contribution in [0.3, 0.4) is 0 Å². The van der Waals surface area contributed by atoms with Gasteiger partial charge in [0.25, 0.3) is 0 Å². The molecule has 0 radical (unpaired) electrons. The van der Waals surface area contributed by atoms with Crippen LogP contribution in [-0.2, 0) is 11.2 Å². The number of benzene rings is 1. The second kappa shape index (κ2) is 4.87. The first kappa shape index (κ1) is 13.9. The number of halogens is 5. The van der Waals surface area contributed by atoms with Crippen molar-refractivity contribution in [1.29, 1.82) is 0 Å². The monoisotopic (exact) mass is 293 g/mol. The van der Waals surface area contributed by atoms with Crippen LogP contribution in [-0.4, -0.2) is 26.1 Å². The molecule has 1 N–H and O–H groups in total. The molecule has 1 aromatic carbocycles. The Morgan fingerprint density at radius 2 is 1.55 bits per heavy atom. The van der Waals surface area contributed by atoms with Crippen LogP contribution >= 0.6 is 0 Å². The number of hydrogen-bond donors (Lipinski definition) is 1. The number of carboxylic acids is 1. The van der Waals surface area contributed by atoms with Crippen molar-refractivity contribution in [1.82, 2.24) is 15.0 Å². The van der Waals surface area contributed by atoms with E-state index in [-0.39, 0.29) is 10.4 Å². The maximum atomic E-state index is 13.4. The Morgan fingerprint density at radius 3 is 2.05 bits per heavy atom. The number of aliphatic carboxylic acids is 1. The molecule has 20 heavy (non-hydrogen) atoms. The highest BCUT2D eigenvalue weighted by atomic mass is 19.2. The third-order valence-electron chi connectivity index (χ3n) is 2.29. The molecule has 5 nitrogen and oxygen atoms in total. The van der Waals surface area contributed by atoms with E-state index in [4.69, 9.17) is 5.11 Å². The molecule has 2 aromatic rings. The summed E-state index contributed by atoms with van der Waals surface area (Å²) in [5, 5.41) is 14.9. The number of carbonyl (C=O) groups is 1. The summed E-state index contributed by atoms with van der Waals surface area (Å²) < 4.78 is 66.0. The fourth-order valence-electron chi connectivity index (χ4n) is 1.44. The van der Waals surface area contributed by atoms with Crippen molar-refractivity contribution in [2.24, 2.45) is 0 Å². The van der Waals surface area contributed by atoms with Gasteiger partial charge in [-0.25, -0.2) is 26.6 Å². The van der Waals surface area contributed by atoms with Gasteiger partial charge >= 0.3 is 5.97 Å². The SMILES string of the molecule is O=C(O)Cc1cn(-c2c(F)c(F)c(F)c(F)c2F)nn1. The van der Waals surface area contributed by atoms with Crippen molar-refractivity contribution >= 4 is 5.97 Å². The maximum absolute atomic E-state index is 13.4. The Morgan fingerprint density at radius 1 is 1.05 bits per heavy atom. The summed E-state index contributed by atoms with van der Waals surface area (Å²) in [6, 6.07) is 0. The van der Waals surface area contributed by atoms with Crippen molar-refractivity contribution in [2.75, 3.05) is 0 Å². The number of nitrogens with zero attached hydrogens (tertiary/aromatic N) is 3. The van der Waals surface area contributed by atoms with Crippen molar-refractivity contribution in [3.05, 3.63) is 41.0 Å². The third kappa shape index (κ3) is 2.19. The Labute approximate surface area is 107 Å². The van der Waals surface area contributed by atoms with Gasteiger partial charge in [-0.3, -0.25) is 4.79 Å². The minimum atomic E-state index is -2.30. The van der Waals surface area contributed by atoms with E-state index in [1.165, 1.54) is 0 Å². The molecule has 0 spiro atoms. The molecule has 0 fully saturated rings. The first-order chi connectivity index (χ1) is 9.32. The molecule has 0 bridgehead atoms. The molecule has 10 heteroatoms. The van der Waals surface area contributed by atoms with Gasteiger partial charge in [-0.05, 0) is 0 Å². The normalized spacial score (nSPS) is 10.8. The summed E-state index contributed by atoms with van der Waals surface area (Å²) in [6.07, 6.45) is 0.141. The lowest BCUT2D eigenvalue weighted by Crippen LogP contribution is -2.10. The Kier molecular flexibility index (Phi) is 3.38. The predicted molar refractivity (Wildman–Crippen MR) is 52.5 cm³/mol. The van der Waals surface area contributed by atoms with Gasteiger partial charge in [0.05, 0.1) is 18.3 Å². The van der Waals surface area contributed by atoms with Crippen LogP contribution in [0.15, 0.2) is 6.20 Å². The van der Waals surface area contributed by atoms with Crippen molar-refractivity contribution in [3.8, 4) is 5.69 Å². The molecule has 2 rings (SSSR count). The van der Waals surface area contributed by atoms with Crippen LogP contribution in [0, 0.1) is 29.1 Å². The Hall–Kier alpha value is -2.52. The molecule has 1 aromatic heterocycles. The third-order valence-corrected chi connectivity index (χ3v) is 2.29. The molecule has 106 valence electrons. The molecule has 0 saturated carbocycles. The smallest absolute Gasteiger partial charge is 0.309 e. The number of hydrogen-bond acceptors (Lipinski definition) is 3. The van der Waals surface area contributed by atoms with Gasteiger partial charge in [-0.15, -0.1) is 5.10 Å². The van der Waals surface area contributed by atoms with Crippen LogP contribution in [0.1, 0.15) is 5.69 Å². The molecule has 0 saturated heterocycles. The fourth-order valence-corrected chi connectivity index (χ4v) is 1.44. The lowest BCUT2D eigenvalue weighted by atomic mass is 10.2. The molecule has 1 heterocycles. The summed E-state index contributed by atoms with van der Waals surface area (Å²) in [5.74, 6) is -12.0. The molecule has 0 amide bonds. The van der Waals surface area contributed by atoms with E-state index < -0.39 is 47.2 Å². The Bertz CT molecular complexity index is 671. The van der Waals surface area contributed by atoms with Crippen LogP contribution in [0.4, 0.5) is 22.0 Å².